The second-order valence-corrected chi connectivity index (χ2v) is 6.47. The highest BCUT2D eigenvalue weighted by atomic mass is 32.2. The zero-order valence-corrected chi connectivity index (χ0v) is 12.5. The molecule has 2 N–H and O–H groups in total. The average molecular weight is 314 g/mol. The number of aliphatic carboxylic acids is 1. The molecule has 0 amide bonds. The molecule has 0 radical (unpaired) electrons. The largest absolute Gasteiger partial charge is 0.480 e. The van der Waals surface area contributed by atoms with Gasteiger partial charge in [-0.2, -0.15) is 17.4 Å². The molecule has 0 aliphatic carbocycles. The Labute approximate surface area is 123 Å². The lowest BCUT2D eigenvalue weighted by Crippen LogP contribution is -2.52. The van der Waals surface area contributed by atoms with Crippen molar-refractivity contribution in [3.63, 3.8) is 0 Å². The first-order chi connectivity index (χ1) is 9.95. The Morgan fingerprint density at radius 2 is 2.10 bits per heavy atom. The van der Waals surface area contributed by atoms with Gasteiger partial charge in [-0.1, -0.05) is 24.3 Å². The van der Waals surface area contributed by atoms with Crippen LogP contribution in [0.2, 0.25) is 0 Å². The number of fused-ring (bicyclic) bond motifs is 1. The van der Waals surface area contributed by atoms with Crippen molar-refractivity contribution in [1.82, 2.24) is 9.03 Å². The van der Waals surface area contributed by atoms with Gasteiger partial charge in [-0.05, 0) is 11.1 Å². The van der Waals surface area contributed by atoms with Gasteiger partial charge < -0.3 is 9.84 Å². The van der Waals surface area contributed by atoms with E-state index in [4.69, 9.17) is 4.74 Å². The highest BCUT2D eigenvalue weighted by Gasteiger charge is 2.38. The summed E-state index contributed by atoms with van der Waals surface area (Å²) in [7, 11) is -2.41. The van der Waals surface area contributed by atoms with Gasteiger partial charge in [0.25, 0.3) is 10.2 Å². The Kier molecular flexibility index (Phi) is 4.94. The Balaban J connectivity index is 2.26. The third kappa shape index (κ3) is 3.59. The van der Waals surface area contributed by atoms with Gasteiger partial charge in [0.05, 0.1) is 6.61 Å². The number of carbonyl (C=O) groups is 1. The first kappa shape index (κ1) is 15.9. The molecule has 7 nitrogen and oxygen atoms in total. The molecule has 1 aromatic carbocycles. The van der Waals surface area contributed by atoms with Crippen molar-refractivity contribution in [1.29, 1.82) is 0 Å². The molecule has 0 fully saturated rings. The minimum absolute atomic E-state index is 0.0510. The molecule has 0 bridgehead atoms. The van der Waals surface area contributed by atoms with Crippen molar-refractivity contribution in [2.75, 3.05) is 20.3 Å². The Hall–Kier alpha value is -1.48. The van der Waals surface area contributed by atoms with E-state index >= 15 is 0 Å². The van der Waals surface area contributed by atoms with Crippen LogP contribution >= 0.6 is 0 Å². The summed E-state index contributed by atoms with van der Waals surface area (Å²) in [4.78, 5) is 11.4. The zero-order valence-electron chi connectivity index (χ0n) is 11.7. The van der Waals surface area contributed by atoms with Crippen LogP contribution in [0, 0.1) is 0 Å². The van der Waals surface area contributed by atoms with Crippen molar-refractivity contribution >= 4 is 16.2 Å². The zero-order chi connectivity index (χ0) is 15.5. The van der Waals surface area contributed by atoms with Gasteiger partial charge in [-0.15, -0.1) is 0 Å². The van der Waals surface area contributed by atoms with Gasteiger partial charge in [0.15, 0.2) is 0 Å². The van der Waals surface area contributed by atoms with Crippen LogP contribution in [0.1, 0.15) is 11.1 Å². The number of hydrogen-bond acceptors (Lipinski definition) is 4. The SMILES string of the molecule is COCCNS(=O)(=O)N1Cc2ccccc2CC1C(=O)O. The lowest BCUT2D eigenvalue weighted by molar-refractivity contribution is -0.141. The fourth-order valence-corrected chi connectivity index (χ4v) is 3.63. The van der Waals surface area contributed by atoms with Crippen molar-refractivity contribution in [3.05, 3.63) is 35.4 Å². The molecule has 1 aromatic rings. The van der Waals surface area contributed by atoms with Gasteiger partial charge in [-0.25, -0.2) is 0 Å². The summed E-state index contributed by atoms with van der Waals surface area (Å²) < 4.78 is 32.7. The van der Waals surface area contributed by atoms with E-state index in [1.54, 1.807) is 0 Å². The van der Waals surface area contributed by atoms with Crippen LogP contribution in [-0.2, 0) is 32.7 Å². The molecule has 1 aliphatic heterocycles. The quantitative estimate of drug-likeness (QED) is 0.719. The highest BCUT2D eigenvalue weighted by Crippen LogP contribution is 2.25. The average Bonchev–Trinajstić information content (AvgIpc) is 2.46. The van der Waals surface area contributed by atoms with Crippen LogP contribution in [0.15, 0.2) is 24.3 Å². The van der Waals surface area contributed by atoms with E-state index in [1.165, 1.54) is 7.11 Å². The molecule has 1 aliphatic rings. The summed E-state index contributed by atoms with van der Waals surface area (Å²) in [6.07, 6.45) is 0.163. The van der Waals surface area contributed by atoms with E-state index in [0.29, 0.717) is 0 Å². The normalized spacial score (nSPS) is 19.2. The monoisotopic (exact) mass is 314 g/mol. The molecular weight excluding hydrogens is 296 g/mol. The third-order valence-electron chi connectivity index (χ3n) is 3.39. The Morgan fingerprint density at radius 1 is 1.43 bits per heavy atom. The first-order valence-corrected chi connectivity index (χ1v) is 7.94. The molecule has 1 heterocycles. The Bertz CT molecular complexity index is 617. The standard InChI is InChI=1S/C13H18N2O5S/c1-20-7-6-14-21(18,19)15-9-11-5-3-2-4-10(11)8-12(15)13(16)17/h2-5,12,14H,6-9H2,1H3,(H,16,17). The number of carboxylic acid groups (broad SMARTS) is 1. The predicted octanol–water partition coefficient (Wildman–Crippen LogP) is -0.0213. The molecular formula is C13H18N2O5S. The van der Waals surface area contributed by atoms with Crippen LogP contribution < -0.4 is 4.72 Å². The van der Waals surface area contributed by atoms with Gasteiger partial charge >= 0.3 is 5.97 Å². The molecule has 1 unspecified atom stereocenters. The minimum Gasteiger partial charge on any atom is -0.480 e. The first-order valence-electron chi connectivity index (χ1n) is 6.50. The predicted molar refractivity (Wildman–Crippen MR) is 75.9 cm³/mol. The van der Waals surface area contributed by atoms with Crippen LogP contribution in [-0.4, -0.2) is 50.1 Å². The Morgan fingerprint density at radius 3 is 2.71 bits per heavy atom. The molecule has 116 valence electrons. The molecule has 0 aromatic heterocycles. The maximum Gasteiger partial charge on any atom is 0.322 e. The van der Waals surface area contributed by atoms with Gasteiger partial charge in [-0.3, -0.25) is 4.79 Å². The van der Waals surface area contributed by atoms with E-state index in [0.717, 1.165) is 15.4 Å². The maximum atomic E-state index is 12.3. The highest BCUT2D eigenvalue weighted by molar-refractivity contribution is 7.87. The van der Waals surface area contributed by atoms with Crippen molar-refractivity contribution < 1.29 is 23.1 Å². The third-order valence-corrected chi connectivity index (χ3v) is 4.96. The van der Waals surface area contributed by atoms with Gasteiger partial charge in [0.1, 0.15) is 6.04 Å². The van der Waals surface area contributed by atoms with E-state index in [9.17, 15) is 18.3 Å². The minimum atomic E-state index is -3.87. The van der Waals surface area contributed by atoms with Crippen molar-refractivity contribution in [3.8, 4) is 0 Å². The molecule has 0 saturated heterocycles. The molecule has 2 rings (SSSR count). The molecule has 0 spiro atoms. The number of nitrogens with one attached hydrogen (secondary N) is 1. The second kappa shape index (κ2) is 6.52. The number of rotatable bonds is 6. The van der Waals surface area contributed by atoms with Crippen LogP contribution in [0.5, 0.6) is 0 Å². The molecule has 1 atom stereocenters. The van der Waals surface area contributed by atoms with E-state index < -0.39 is 22.2 Å². The number of methoxy groups -OCH3 is 1. The van der Waals surface area contributed by atoms with E-state index in [1.807, 2.05) is 24.3 Å². The second-order valence-electron chi connectivity index (χ2n) is 4.76. The van der Waals surface area contributed by atoms with Gasteiger partial charge in [0, 0.05) is 26.6 Å². The van der Waals surface area contributed by atoms with Crippen LogP contribution in [0.25, 0.3) is 0 Å². The summed E-state index contributed by atoms with van der Waals surface area (Å²) in [5.41, 5.74) is 1.69. The summed E-state index contributed by atoms with van der Waals surface area (Å²) in [5.74, 6) is -1.15. The number of ether oxygens (including phenoxy) is 1. The fraction of sp³-hybridized carbons (Fsp3) is 0.462. The topological polar surface area (TPSA) is 95.9 Å². The molecule has 8 heteroatoms. The van der Waals surface area contributed by atoms with Crippen molar-refractivity contribution in [2.24, 2.45) is 0 Å². The summed E-state index contributed by atoms with van der Waals surface area (Å²) in [5, 5.41) is 9.31. The smallest absolute Gasteiger partial charge is 0.322 e. The number of benzene rings is 1. The maximum absolute atomic E-state index is 12.3. The summed E-state index contributed by atoms with van der Waals surface area (Å²) >= 11 is 0. The number of carboxylic acids is 1. The van der Waals surface area contributed by atoms with Crippen LogP contribution in [0.3, 0.4) is 0 Å². The summed E-state index contributed by atoms with van der Waals surface area (Å²) in [6, 6.07) is 6.17. The lowest BCUT2D eigenvalue weighted by atomic mass is 9.96. The fourth-order valence-electron chi connectivity index (χ4n) is 2.32. The van der Waals surface area contributed by atoms with E-state index in [2.05, 4.69) is 4.72 Å². The molecule has 21 heavy (non-hydrogen) atoms. The van der Waals surface area contributed by atoms with Crippen molar-refractivity contribution in [2.45, 2.75) is 19.0 Å². The number of nitrogens with zero attached hydrogens (tertiary/aromatic N) is 1. The summed E-state index contributed by atoms with van der Waals surface area (Å²) in [6.45, 7) is 0.375. The number of hydrogen-bond donors (Lipinski definition) is 2. The van der Waals surface area contributed by atoms with Gasteiger partial charge in [0.2, 0.25) is 0 Å². The molecule has 0 saturated carbocycles. The van der Waals surface area contributed by atoms with E-state index in [-0.39, 0.29) is 26.1 Å². The van der Waals surface area contributed by atoms with Crippen LogP contribution in [0.4, 0.5) is 0 Å². The lowest BCUT2D eigenvalue weighted by Gasteiger charge is -2.33.